The Bertz CT molecular complexity index is 595. The molecule has 5 nitrogen and oxygen atoms in total. The van der Waals surface area contributed by atoms with Gasteiger partial charge in [0, 0.05) is 17.3 Å². The summed E-state index contributed by atoms with van der Waals surface area (Å²) >= 11 is 5.87. The predicted octanol–water partition coefficient (Wildman–Crippen LogP) is 3.27. The number of benzene rings is 1. The Labute approximate surface area is 128 Å². The highest BCUT2D eigenvalue weighted by atomic mass is 35.5. The Balaban J connectivity index is 2.28. The maximum absolute atomic E-state index is 12.2. The number of nitrogens with zero attached hydrogens (tertiary/aromatic N) is 2. The molecule has 0 spiro atoms. The third-order valence-corrected chi connectivity index (χ3v) is 3.31. The molecule has 1 aromatic heterocycles. The third-order valence-electron chi connectivity index (χ3n) is 3.06. The predicted molar refractivity (Wildman–Crippen MR) is 82.3 cm³/mol. The molecule has 0 bridgehead atoms. The summed E-state index contributed by atoms with van der Waals surface area (Å²) in [6, 6.07) is 6.57. The van der Waals surface area contributed by atoms with Gasteiger partial charge in [-0.25, -0.2) is 9.78 Å². The molecule has 112 valence electrons. The molecule has 1 N–H and O–H groups in total. The number of imidazole rings is 1. The highest BCUT2D eigenvalue weighted by Gasteiger charge is 2.25. The van der Waals surface area contributed by atoms with Crippen LogP contribution in [0.25, 0.3) is 0 Å². The summed E-state index contributed by atoms with van der Waals surface area (Å²) in [4.78, 5) is 16.3. The zero-order valence-corrected chi connectivity index (χ0v) is 12.8. The van der Waals surface area contributed by atoms with Crippen molar-refractivity contribution in [3.8, 4) is 0 Å². The second-order valence-electron chi connectivity index (χ2n) is 4.44. The van der Waals surface area contributed by atoms with Crippen LogP contribution in [0.3, 0.4) is 0 Å². The summed E-state index contributed by atoms with van der Waals surface area (Å²) in [5, 5.41) is 3.82. The number of carbonyl (C=O) groups excluding carboxylic acids is 1. The van der Waals surface area contributed by atoms with Crippen molar-refractivity contribution in [2.75, 3.05) is 11.9 Å². The van der Waals surface area contributed by atoms with Crippen molar-refractivity contribution >= 4 is 23.3 Å². The fraction of sp³-hybridized carbons (Fsp3) is 0.333. The molecule has 6 heteroatoms. The molecule has 2 rings (SSSR count). The lowest BCUT2D eigenvalue weighted by Crippen LogP contribution is -2.25. The van der Waals surface area contributed by atoms with Crippen molar-refractivity contribution in [2.45, 2.75) is 26.4 Å². The molecule has 0 aliphatic rings. The first kappa shape index (κ1) is 15.4. The SMILES string of the molecule is CCOC(=O)C(Nc1ccc(Cl)cc1)c1cncn1CC. The average molecular weight is 308 g/mol. The summed E-state index contributed by atoms with van der Waals surface area (Å²) in [7, 11) is 0. The number of ether oxygens (including phenoxy) is 1. The Hall–Kier alpha value is -2.01. The number of aryl methyl sites for hydroxylation is 1. The van der Waals surface area contributed by atoms with E-state index in [9.17, 15) is 4.79 Å². The fourth-order valence-corrected chi connectivity index (χ4v) is 2.15. The van der Waals surface area contributed by atoms with Crippen LogP contribution in [-0.4, -0.2) is 22.1 Å². The number of hydrogen-bond donors (Lipinski definition) is 1. The molecule has 1 aromatic carbocycles. The van der Waals surface area contributed by atoms with Crippen LogP contribution in [0.4, 0.5) is 5.69 Å². The Kier molecular flexibility index (Phi) is 5.22. The standard InChI is InChI=1S/C15H18ClN3O2/c1-3-19-10-17-9-13(19)14(15(20)21-4-2)18-12-7-5-11(16)6-8-12/h5-10,14,18H,3-4H2,1-2H3. The van der Waals surface area contributed by atoms with Gasteiger partial charge in [-0.15, -0.1) is 0 Å². The lowest BCUT2D eigenvalue weighted by atomic mass is 10.2. The number of anilines is 1. The van der Waals surface area contributed by atoms with Gasteiger partial charge in [0.05, 0.1) is 24.8 Å². The summed E-state index contributed by atoms with van der Waals surface area (Å²) < 4.78 is 7.06. The van der Waals surface area contributed by atoms with E-state index >= 15 is 0 Å². The van der Waals surface area contributed by atoms with E-state index in [-0.39, 0.29) is 5.97 Å². The number of carbonyl (C=O) groups is 1. The van der Waals surface area contributed by atoms with Crippen LogP contribution in [0.15, 0.2) is 36.8 Å². The molecule has 1 unspecified atom stereocenters. The van der Waals surface area contributed by atoms with E-state index in [1.165, 1.54) is 0 Å². The molecule has 0 fully saturated rings. The maximum atomic E-state index is 12.2. The van der Waals surface area contributed by atoms with Crippen LogP contribution in [-0.2, 0) is 16.1 Å². The van der Waals surface area contributed by atoms with E-state index in [0.717, 1.165) is 17.9 Å². The first-order chi connectivity index (χ1) is 10.2. The molecule has 1 atom stereocenters. The zero-order chi connectivity index (χ0) is 15.2. The van der Waals surface area contributed by atoms with Crippen molar-refractivity contribution in [3.63, 3.8) is 0 Å². The molecule has 0 amide bonds. The van der Waals surface area contributed by atoms with E-state index in [1.54, 1.807) is 31.6 Å². The van der Waals surface area contributed by atoms with Crippen LogP contribution in [0.5, 0.6) is 0 Å². The lowest BCUT2D eigenvalue weighted by Gasteiger charge is -2.19. The minimum absolute atomic E-state index is 0.331. The minimum Gasteiger partial charge on any atom is -0.464 e. The molecule has 1 heterocycles. The van der Waals surface area contributed by atoms with Gasteiger partial charge in [-0.3, -0.25) is 0 Å². The van der Waals surface area contributed by atoms with Crippen molar-refractivity contribution in [2.24, 2.45) is 0 Å². The number of halogens is 1. The third kappa shape index (κ3) is 3.76. The molecular weight excluding hydrogens is 290 g/mol. The highest BCUT2D eigenvalue weighted by Crippen LogP contribution is 2.22. The lowest BCUT2D eigenvalue weighted by molar-refractivity contribution is -0.144. The number of esters is 1. The summed E-state index contributed by atoms with van der Waals surface area (Å²) in [6.07, 6.45) is 3.37. The second-order valence-corrected chi connectivity index (χ2v) is 4.88. The smallest absolute Gasteiger partial charge is 0.334 e. The topological polar surface area (TPSA) is 56.1 Å². The molecule has 2 aromatic rings. The number of nitrogens with one attached hydrogen (secondary N) is 1. The van der Waals surface area contributed by atoms with Gasteiger partial charge in [0.15, 0.2) is 6.04 Å². The molecule has 0 aliphatic carbocycles. The van der Waals surface area contributed by atoms with Gasteiger partial charge < -0.3 is 14.6 Å². The molecule has 0 radical (unpaired) electrons. The van der Waals surface area contributed by atoms with Crippen LogP contribution in [0, 0.1) is 0 Å². The van der Waals surface area contributed by atoms with Crippen molar-refractivity contribution in [1.82, 2.24) is 9.55 Å². The van der Waals surface area contributed by atoms with Gasteiger partial charge in [-0.05, 0) is 38.1 Å². The Morgan fingerprint density at radius 2 is 2.10 bits per heavy atom. The van der Waals surface area contributed by atoms with Gasteiger partial charge in [0.1, 0.15) is 0 Å². The monoisotopic (exact) mass is 307 g/mol. The quantitative estimate of drug-likeness (QED) is 0.832. The molecule has 0 aliphatic heterocycles. The molecular formula is C15H18ClN3O2. The van der Waals surface area contributed by atoms with Crippen LogP contribution >= 0.6 is 11.6 Å². The number of aromatic nitrogens is 2. The van der Waals surface area contributed by atoms with Crippen molar-refractivity contribution < 1.29 is 9.53 Å². The van der Waals surface area contributed by atoms with Gasteiger partial charge in [0.2, 0.25) is 0 Å². The van der Waals surface area contributed by atoms with Gasteiger partial charge in [-0.1, -0.05) is 11.6 Å². The van der Waals surface area contributed by atoms with E-state index in [1.807, 2.05) is 23.6 Å². The first-order valence-electron chi connectivity index (χ1n) is 6.84. The molecule has 21 heavy (non-hydrogen) atoms. The Morgan fingerprint density at radius 1 is 1.38 bits per heavy atom. The van der Waals surface area contributed by atoms with Crippen LogP contribution in [0.2, 0.25) is 5.02 Å². The summed E-state index contributed by atoms with van der Waals surface area (Å²) in [6.45, 7) is 4.84. The second kappa shape index (κ2) is 7.13. The maximum Gasteiger partial charge on any atom is 0.334 e. The minimum atomic E-state index is -0.603. The van der Waals surface area contributed by atoms with E-state index in [4.69, 9.17) is 16.3 Å². The van der Waals surface area contributed by atoms with Crippen LogP contribution in [0.1, 0.15) is 25.6 Å². The normalized spacial score (nSPS) is 12.0. The van der Waals surface area contributed by atoms with E-state index < -0.39 is 6.04 Å². The number of hydrogen-bond acceptors (Lipinski definition) is 4. The van der Waals surface area contributed by atoms with Gasteiger partial charge in [-0.2, -0.15) is 0 Å². The van der Waals surface area contributed by atoms with Gasteiger partial charge >= 0.3 is 5.97 Å². The molecule has 0 saturated heterocycles. The Morgan fingerprint density at radius 3 is 2.71 bits per heavy atom. The zero-order valence-electron chi connectivity index (χ0n) is 12.0. The highest BCUT2D eigenvalue weighted by molar-refractivity contribution is 6.30. The van der Waals surface area contributed by atoms with Crippen molar-refractivity contribution in [1.29, 1.82) is 0 Å². The average Bonchev–Trinajstić information content (AvgIpc) is 2.95. The van der Waals surface area contributed by atoms with E-state index in [0.29, 0.717) is 11.6 Å². The van der Waals surface area contributed by atoms with Crippen molar-refractivity contribution in [3.05, 3.63) is 47.5 Å². The summed E-state index contributed by atoms with van der Waals surface area (Å²) in [5.41, 5.74) is 1.56. The summed E-state index contributed by atoms with van der Waals surface area (Å²) in [5.74, 6) is -0.331. The fourth-order valence-electron chi connectivity index (χ4n) is 2.03. The van der Waals surface area contributed by atoms with Crippen LogP contribution < -0.4 is 5.32 Å². The first-order valence-corrected chi connectivity index (χ1v) is 7.22. The molecule has 0 saturated carbocycles. The van der Waals surface area contributed by atoms with Gasteiger partial charge in [0.25, 0.3) is 0 Å². The van der Waals surface area contributed by atoms with E-state index in [2.05, 4.69) is 10.3 Å². The number of rotatable bonds is 6. The largest absolute Gasteiger partial charge is 0.464 e.